The first-order valence-corrected chi connectivity index (χ1v) is 6.65. The quantitative estimate of drug-likeness (QED) is 0.302. The molecule has 0 atom stereocenters. The summed E-state index contributed by atoms with van der Waals surface area (Å²) in [7, 11) is -4.67. The van der Waals surface area contributed by atoms with Crippen LogP contribution in [-0.4, -0.2) is 35.8 Å². The first kappa shape index (κ1) is 16.8. The molecule has 1 aromatic carbocycles. The van der Waals surface area contributed by atoms with E-state index in [2.05, 4.69) is 29.9 Å². The van der Waals surface area contributed by atoms with Crippen LogP contribution >= 0.6 is 0 Å². The number of rotatable bonds is 5. The molecule has 0 radical (unpaired) electrons. The van der Waals surface area contributed by atoms with E-state index in [9.17, 15) is 0 Å². The number of benzene rings is 1. The monoisotopic (exact) mass is 278 g/mol. The van der Waals surface area contributed by atoms with Crippen LogP contribution in [0.2, 0.25) is 0 Å². The number of aliphatic hydroxyl groups is 1. The summed E-state index contributed by atoms with van der Waals surface area (Å²) in [5.41, 5.74) is 8.22. The van der Waals surface area contributed by atoms with E-state index in [0.29, 0.717) is 6.54 Å². The fourth-order valence-corrected chi connectivity index (χ4v) is 1.04. The zero-order valence-electron chi connectivity index (χ0n) is 10.00. The Morgan fingerprint density at radius 3 is 2.06 bits per heavy atom. The molecule has 1 rings (SSSR count). The van der Waals surface area contributed by atoms with Gasteiger partial charge in [-0.15, -0.1) is 0 Å². The predicted octanol–water partition coefficient (Wildman–Crippen LogP) is 0.505. The minimum Gasteiger partial charge on any atom is -0.395 e. The zero-order valence-corrected chi connectivity index (χ0v) is 10.8. The maximum absolute atomic E-state index is 8.74. The molecule has 0 saturated heterocycles. The van der Waals surface area contributed by atoms with E-state index < -0.39 is 10.4 Å². The molecule has 0 spiro atoms. The Kier molecular flexibility index (Phi) is 8.25. The van der Waals surface area contributed by atoms with E-state index in [1.165, 1.54) is 5.56 Å². The zero-order chi connectivity index (χ0) is 14.0. The molecular formula is C10H18N2O5S. The average Bonchev–Trinajstić information content (AvgIpc) is 2.28. The van der Waals surface area contributed by atoms with Crippen LogP contribution in [-0.2, 0) is 16.8 Å². The van der Waals surface area contributed by atoms with Crippen molar-refractivity contribution in [1.82, 2.24) is 5.43 Å². The van der Waals surface area contributed by atoms with Gasteiger partial charge in [-0.25, -0.2) is 5.43 Å². The predicted molar refractivity (Wildman–Crippen MR) is 68.7 cm³/mol. The van der Waals surface area contributed by atoms with E-state index in [0.717, 1.165) is 12.1 Å². The van der Waals surface area contributed by atoms with Gasteiger partial charge in [0, 0.05) is 12.2 Å². The summed E-state index contributed by atoms with van der Waals surface area (Å²) >= 11 is 0. The largest absolute Gasteiger partial charge is 0.395 e. The maximum atomic E-state index is 8.74. The van der Waals surface area contributed by atoms with E-state index in [1.54, 1.807) is 0 Å². The lowest BCUT2D eigenvalue weighted by atomic mass is 10.2. The number of anilines is 1. The second-order valence-corrected chi connectivity index (χ2v) is 4.17. The number of nitrogens with one attached hydrogen (secondary N) is 2. The van der Waals surface area contributed by atoms with Crippen molar-refractivity contribution in [3.05, 3.63) is 29.8 Å². The highest BCUT2D eigenvalue weighted by atomic mass is 32.3. The van der Waals surface area contributed by atoms with Crippen LogP contribution in [0.3, 0.4) is 0 Å². The van der Waals surface area contributed by atoms with E-state index in [4.69, 9.17) is 22.6 Å². The molecular weight excluding hydrogens is 260 g/mol. The number of hydrogen-bond acceptors (Lipinski definition) is 5. The summed E-state index contributed by atoms with van der Waals surface area (Å²) in [5.74, 6) is 0. The molecule has 0 heterocycles. The van der Waals surface area contributed by atoms with Gasteiger partial charge in [-0.3, -0.25) is 9.11 Å². The van der Waals surface area contributed by atoms with E-state index >= 15 is 0 Å². The molecule has 0 aliphatic carbocycles. The lowest BCUT2D eigenvalue weighted by molar-refractivity contribution is 0.296. The normalized spacial score (nSPS) is 10.4. The Morgan fingerprint density at radius 1 is 1.17 bits per heavy atom. The van der Waals surface area contributed by atoms with Crippen molar-refractivity contribution in [2.45, 2.75) is 13.3 Å². The molecule has 7 nitrogen and oxygen atoms in total. The maximum Gasteiger partial charge on any atom is 0.394 e. The van der Waals surface area contributed by atoms with Gasteiger partial charge in [0.1, 0.15) is 0 Å². The van der Waals surface area contributed by atoms with Crippen molar-refractivity contribution in [3.63, 3.8) is 0 Å². The van der Waals surface area contributed by atoms with Gasteiger partial charge >= 0.3 is 10.4 Å². The number of hydrazine groups is 1. The summed E-state index contributed by atoms with van der Waals surface area (Å²) in [6.45, 7) is 2.82. The summed E-state index contributed by atoms with van der Waals surface area (Å²) in [5, 5.41) is 8.52. The average molecular weight is 278 g/mol. The van der Waals surface area contributed by atoms with Gasteiger partial charge in [0.25, 0.3) is 0 Å². The third kappa shape index (κ3) is 11.3. The third-order valence-electron chi connectivity index (χ3n) is 1.83. The van der Waals surface area contributed by atoms with Crippen molar-refractivity contribution in [2.24, 2.45) is 0 Å². The van der Waals surface area contributed by atoms with Crippen LogP contribution < -0.4 is 10.9 Å². The van der Waals surface area contributed by atoms with Crippen LogP contribution in [0.5, 0.6) is 0 Å². The minimum atomic E-state index is -4.67. The Bertz CT molecular complexity index is 410. The summed E-state index contributed by atoms with van der Waals surface area (Å²) in [6, 6.07) is 8.21. The molecule has 0 aliphatic heterocycles. The SMILES string of the molecule is CCc1ccc(NNCCO)cc1.O=S(=O)(O)O. The number of hydrogen-bond donors (Lipinski definition) is 5. The highest BCUT2D eigenvalue weighted by molar-refractivity contribution is 7.79. The highest BCUT2D eigenvalue weighted by Crippen LogP contribution is 2.08. The Hall–Kier alpha value is -1.19. The Labute approximate surface area is 106 Å². The molecule has 5 N–H and O–H groups in total. The molecule has 0 aliphatic rings. The van der Waals surface area contributed by atoms with Crippen LogP contribution in [0.15, 0.2) is 24.3 Å². The van der Waals surface area contributed by atoms with Crippen LogP contribution in [0, 0.1) is 0 Å². The first-order valence-electron chi connectivity index (χ1n) is 5.25. The minimum absolute atomic E-state index is 0.139. The van der Waals surface area contributed by atoms with Crippen molar-refractivity contribution >= 4 is 16.1 Å². The second kappa shape index (κ2) is 8.84. The van der Waals surface area contributed by atoms with Crippen molar-refractivity contribution in [1.29, 1.82) is 0 Å². The fourth-order valence-electron chi connectivity index (χ4n) is 1.04. The second-order valence-electron chi connectivity index (χ2n) is 3.27. The molecule has 104 valence electrons. The standard InChI is InChI=1S/C10H16N2O.H2O4S/c1-2-9-3-5-10(6-4-9)12-11-7-8-13;1-5(2,3)4/h3-6,11-13H,2,7-8H2,1H3;(H2,1,2,3,4). The molecule has 0 fully saturated rings. The van der Waals surface area contributed by atoms with Gasteiger partial charge in [0.05, 0.1) is 6.61 Å². The van der Waals surface area contributed by atoms with Crippen molar-refractivity contribution < 1.29 is 22.6 Å². The van der Waals surface area contributed by atoms with Gasteiger partial charge in [0.2, 0.25) is 0 Å². The summed E-state index contributed by atoms with van der Waals surface area (Å²) in [6.07, 6.45) is 1.06. The topological polar surface area (TPSA) is 119 Å². The third-order valence-corrected chi connectivity index (χ3v) is 1.83. The van der Waals surface area contributed by atoms with Gasteiger partial charge in [-0.1, -0.05) is 19.1 Å². The van der Waals surface area contributed by atoms with Crippen molar-refractivity contribution in [3.8, 4) is 0 Å². The van der Waals surface area contributed by atoms with E-state index in [-0.39, 0.29) is 6.61 Å². The molecule has 18 heavy (non-hydrogen) atoms. The van der Waals surface area contributed by atoms with Gasteiger partial charge < -0.3 is 10.5 Å². The lowest BCUT2D eigenvalue weighted by Crippen LogP contribution is -2.24. The van der Waals surface area contributed by atoms with Crippen molar-refractivity contribution in [2.75, 3.05) is 18.6 Å². The molecule has 0 unspecified atom stereocenters. The number of aliphatic hydroxyl groups excluding tert-OH is 1. The molecule has 0 amide bonds. The molecule has 1 aromatic rings. The van der Waals surface area contributed by atoms with Gasteiger partial charge in [-0.05, 0) is 24.1 Å². The summed E-state index contributed by atoms with van der Waals surface area (Å²) < 4.78 is 31.6. The summed E-state index contributed by atoms with van der Waals surface area (Å²) in [4.78, 5) is 0. The first-order chi connectivity index (χ1) is 8.36. The molecule has 0 bridgehead atoms. The fraction of sp³-hybridized carbons (Fsp3) is 0.400. The Morgan fingerprint density at radius 2 is 1.67 bits per heavy atom. The lowest BCUT2D eigenvalue weighted by Gasteiger charge is -2.07. The number of aryl methyl sites for hydroxylation is 1. The smallest absolute Gasteiger partial charge is 0.394 e. The Balaban J connectivity index is 0.000000494. The van der Waals surface area contributed by atoms with Crippen LogP contribution in [0.4, 0.5) is 5.69 Å². The van der Waals surface area contributed by atoms with Gasteiger partial charge in [-0.2, -0.15) is 8.42 Å². The van der Waals surface area contributed by atoms with Crippen LogP contribution in [0.25, 0.3) is 0 Å². The molecule has 0 saturated carbocycles. The highest BCUT2D eigenvalue weighted by Gasteiger charge is 1.90. The van der Waals surface area contributed by atoms with Crippen LogP contribution in [0.1, 0.15) is 12.5 Å². The molecule has 8 heteroatoms. The molecule has 0 aromatic heterocycles. The van der Waals surface area contributed by atoms with Gasteiger partial charge in [0.15, 0.2) is 0 Å². The van der Waals surface area contributed by atoms with E-state index in [1.807, 2.05) is 12.1 Å².